The van der Waals surface area contributed by atoms with Crippen LogP contribution >= 0.6 is 11.6 Å². The van der Waals surface area contributed by atoms with Crippen LogP contribution in [0.4, 0.5) is 5.69 Å². The molecule has 2 aliphatic heterocycles. The third-order valence-electron chi connectivity index (χ3n) is 4.71. The highest BCUT2D eigenvalue weighted by atomic mass is 35.5. The number of hydrogen-bond acceptors (Lipinski definition) is 4. The number of amides is 2. The van der Waals surface area contributed by atoms with E-state index in [1.165, 1.54) is 0 Å². The second-order valence-corrected chi connectivity index (χ2v) is 7.01. The molecule has 2 atom stereocenters. The minimum absolute atomic E-state index is 0.102. The zero-order valence-corrected chi connectivity index (χ0v) is 15.3. The fourth-order valence-electron chi connectivity index (χ4n) is 3.31. The van der Waals surface area contributed by atoms with Gasteiger partial charge in [-0.05, 0) is 24.3 Å². The van der Waals surface area contributed by atoms with Gasteiger partial charge >= 0.3 is 0 Å². The lowest BCUT2D eigenvalue weighted by Crippen LogP contribution is -2.43. The van der Waals surface area contributed by atoms with Crippen molar-refractivity contribution >= 4 is 29.1 Å². The number of fused-ring (bicyclic) bond motifs is 1. The molecule has 2 heterocycles. The second-order valence-electron chi connectivity index (χ2n) is 6.60. The monoisotopic (exact) mass is 386 g/mol. The Morgan fingerprint density at radius 2 is 1.89 bits per heavy atom. The highest BCUT2D eigenvalue weighted by Crippen LogP contribution is 2.32. The van der Waals surface area contributed by atoms with Crippen molar-refractivity contribution in [2.75, 3.05) is 24.6 Å². The molecule has 1 fully saturated rings. The van der Waals surface area contributed by atoms with Crippen LogP contribution in [0.1, 0.15) is 6.42 Å². The lowest BCUT2D eigenvalue weighted by Gasteiger charge is -2.26. The highest BCUT2D eigenvalue weighted by molar-refractivity contribution is 6.33. The van der Waals surface area contributed by atoms with E-state index >= 15 is 0 Å². The maximum atomic E-state index is 12.5. The Morgan fingerprint density at radius 3 is 2.70 bits per heavy atom. The van der Waals surface area contributed by atoms with Crippen molar-refractivity contribution in [3.63, 3.8) is 0 Å². The number of anilines is 1. The normalized spacial score (nSPS) is 21.2. The van der Waals surface area contributed by atoms with Crippen LogP contribution < -0.4 is 19.7 Å². The van der Waals surface area contributed by atoms with E-state index in [1.54, 1.807) is 23.1 Å². The van der Waals surface area contributed by atoms with Gasteiger partial charge in [-0.25, -0.2) is 0 Å². The molecule has 27 heavy (non-hydrogen) atoms. The van der Waals surface area contributed by atoms with E-state index in [0.29, 0.717) is 41.9 Å². The first-order chi connectivity index (χ1) is 13.1. The van der Waals surface area contributed by atoms with Crippen LogP contribution in [-0.2, 0) is 9.59 Å². The topological polar surface area (TPSA) is 67.9 Å². The number of nitrogens with zero attached hydrogens (tertiary/aromatic N) is 1. The molecule has 2 amide bonds. The Hall–Kier alpha value is -2.73. The second kappa shape index (κ2) is 7.48. The summed E-state index contributed by atoms with van der Waals surface area (Å²) in [6.45, 7) is 1.01. The standard InChI is InChI=1S/C20H19ClN2O4/c21-15-5-1-2-6-16(15)23-11-13(9-19(23)24)20(25)22-10-14-12-26-17-7-3-4-8-18(17)27-14/h1-8,13-14H,9-12H2,(H,22,25). The van der Waals surface area contributed by atoms with E-state index < -0.39 is 5.92 Å². The van der Waals surface area contributed by atoms with Gasteiger partial charge in [0.05, 0.1) is 23.2 Å². The molecule has 140 valence electrons. The largest absolute Gasteiger partial charge is 0.486 e. The van der Waals surface area contributed by atoms with Gasteiger partial charge in [-0.15, -0.1) is 0 Å². The SMILES string of the molecule is O=C(NCC1COc2ccccc2O1)C1CC(=O)N(c2ccccc2Cl)C1. The van der Waals surface area contributed by atoms with Crippen LogP contribution in [0.5, 0.6) is 11.5 Å². The van der Waals surface area contributed by atoms with E-state index in [4.69, 9.17) is 21.1 Å². The van der Waals surface area contributed by atoms with Crippen LogP contribution in [0.2, 0.25) is 5.02 Å². The van der Waals surface area contributed by atoms with Crippen molar-refractivity contribution in [3.05, 3.63) is 53.6 Å². The quantitative estimate of drug-likeness (QED) is 0.877. The molecular weight excluding hydrogens is 368 g/mol. The minimum Gasteiger partial charge on any atom is -0.486 e. The third-order valence-corrected chi connectivity index (χ3v) is 5.03. The predicted octanol–water partition coefficient (Wildman–Crippen LogP) is 2.65. The molecule has 0 bridgehead atoms. The van der Waals surface area contributed by atoms with Gasteiger partial charge in [-0.3, -0.25) is 9.59 Å². The molecule has 0 radical (unpaired) electrons. The molecule has 6 nitrogen and oxygen atoms in total. The number of para-hydroxylation sites is 3. The maximum Gasteiger partial charge on any atom is 0.227 e. The molecular formula is C20H19ClN2O4. The molecule has 0 aromatic heterocycles. The van der Waals surface area contributed by atoms with E-state index in [9.17, 15) is 9.59 Å². The molecule has 1 N–H and O–H groups in total. The Balaban J connectivity index is 1.33. The van der Waals surface area contributed by atoms with E-state index in [1.807, 2.05) is 30.3 Å². The van der Waals surface area contributed by atoms with E-state index in [-0.39, 0.29) is 24.3 Å². The first-order valence-corrected chi connectivity index (χ1v) is 9.20. The molecule has 2 aromatic rings. The summed E-state index contributed by atoms with van der Waals surface area (Å²) in [5.74, 6) is 0.696. The number of ether oxygens (including phenoxy) is 2. The number of benzene rings is 2. The van der Waals surface area contributed by atoms with Crippen molar-refractivity contribution in [1.29, 1.82) is 0 Å². The van der Waals surface area contributed by atoms with Gasteiger partial charge in [0, 0.05) is 13.0 Å². The van der Waals surface area contributed by atoms with Gasteiger partial charge in [0.25, 0.3) is 0 Å². The summed E-state index contributed by atoms with van der Waals surface area (Å²) in [6, 6.07) is 14.6. The molecule has 0 spiro atoms. The molecule has 0 aliphatic carbocycles. The molecule has 7 heteroatoms. The summed E-state index contributed by atoms with van der Waals surface area (Å²) in [5.41, 5.74) is 0.639. The van der Waals surface area contributed by atoms with Crippen molar-refractivity contribution in [1.82, 2.24) is 5.32 Å². The summed E-state index contributed by atoms with van der Waals surface area (Å²) in [4.78, 5) is 26.4. The number of rotatable bonds is 4. The molecule has 4 rings (SSSR count). The Morgan fingerprint density at radius 1 is 1.15 bits per heavy atom. The van der Waals surface area contributed by atoms with Gasteiger partial charge < -0.3 is 19.7 Å². The van der Waals surface area contributed by atoms with Gasteiger partial charge in [-0.2, -0.15) is 0 Å². The average Bonchev–Trinajstić information content (AvgIpc) is 3.08. The molecule has 2 aliphatic rings. The number of hydrogen-bond donors (Lipinski definition) is 1. The Bertz CT molecular complexity index is 873. The molecule has 2 unspecified atom stereocenters. The van der Waals surface area contributed by atoms with Crippen molar-refractivity contribution in [2.45, 2.75) is 12.5 Å². The number of carbonyl (C=O) groups is 2. The summed E-state index contributed by atoms with van der Waals surface area (Å²) in [5, 5.41) is 3.37. The molecule has 2 aromatic carbocycles. The van der Waals surface area contributed by atoms with Crippen LogP contribution in [0.3, 0.4) is 0 Å². The van der Waals surface area contributed by atoms with Crippen LogP contribution in [0.15, 0.2) is 48.5 Å². The lowest BCUT2D eigenvalue weighted by molar-refractivity contribution is -0.126. The maximum absolute atomic E-state index is 12.5. The van der Waals surface area contributed by atoms with Gasteiger partial charge in [-0.1, -0.05) is 35.9 Å². The first kappa shape index (κ1) is 17.7. The van der Waals surface area contributed by atoms with Gasteiger partial charge in [0.2, 0.25) is 11.8 Å². The Kier molecular flexibility index (Phi) is 4.90. The summed E-state index contributed by atoms with van der Waals surface area (Å²) in [6.07, 6.45) is -0.0947. The summed E-state index contributed by atoms with van der Waals surface area (Å²) >= 11 is 6.18. The number of nitrogens with one attached hydrogen (secondary N) is 1. The van der Waals surface area contributed by atoms with Crippen molar-refractivity contribution < 1.29 is 19.1 Å². The predicted molar refractivity (Wildman–Crippen MR) is 101 cm³/mol. The third kappa shape index (κ3) is 3.71. The highest BCUT2D eigenvalue weighted by Gasteiger charge is 2.36. The van der Waals surface area contributed by atoms with Crippen LogP contribution in [0.25, 0.3) is 0 Å². The molecule has 0 saturated carbocycles. The molecule has 1 saturated heterocycles. The minimum atomic E-state index is -0.412. The Labute approximate surface area is 162 Å². The number of carbonyl (C=O) groups excluding carboxylic acids is 2. The zero-order chi connectivity index (χ0) is 18.8. The van der Waals surface area contributed by atoms with Crippen molar-refractivity contribution in [2.24, 2.45) is 5.92 Å². The van der Waals surface area contributed by atoms with Crippen molar-refractivity contribution in [3.8, 4) is 11.5 Å². The summed E-state index contributed by atoms with van der Waals surface area (Å²) < 4.78 is 11.5. The van der Waals surface area contributed by atoms with Gasteiger partial charge in [0.15, 0.2) is 11.5 Å². The first-order valence-electron chi connectivity index (χ1n) is 8.83. The van der Waals surface area contributed by atoms with E-state index in [0.717, 1.165) is 0 Å². The van der Waals surface area contributed by atoms with E-state index in [2.05, 4.69) is 5.32 Å². The summed E-state index contributed by atoms with van der Waals surface area (Å²) in [7, 11) is 0. The van der Waals surface area contributed by atoms with Gasteiger partial charge in [0.1, 0.15) is 12.7 Å². The van der Waals surface area contributed by atoms with Crippen LogP contribution in [-0.4, -0.2) is 37.6 Å². The zero-order valence-electron chi connectivity index (χ0n) is 14.6. The lowest BCUT2D eigenvalue weighted by atomic mass is 10.1. The fraction of sp³-hybridized carbons (Fsp3) is 0.300. The van der Waals surface area contributed by atoms with Crippen LogP contribution in [0, 0.1) is 5.92 Å². The smallest absolute Gasteiger partial charge is 0.227 e. The fourth-order valence-corrected chi connectivity index (χ4v) is 3.55. The average molecular weight is 387 g/mol. The number of halogens is 1.